The van der Waals surface area contributed by atoms with Gasteiger partial charge in [0.05, 0.1) is 14.7 Å². The fourth-order valence-corrected chi connectivity index (χ4v) is 4.87. The van der Waals surface area contributed by atoms with Crippen LogP contribution >= 0.6 is 0 Å². The van der Waals surface area contributed by atoms with Gasteiger partial charge in [-0.05, 0) is 35.9 Å². The first-order valence-electron chi connectivity index (χ1n) is 7.83. The number of nitrogens with one attached hydrogen (secondary N) is 1. The number of sulfone groups is 1. The molecule has 0 bridgehead atoms. The van der Waals surface area contributed by atoms with Gasteiger partial charge in [0, 0.05) is 6.54 Å². The molecule has 0 radical (unpaired) electrons. The van der Waals surface area contributed by atoms with Crippen molar-refractivity contribution in [1.29, 1.82) is 0 Å². The lowest BCUT2D eigenvalue weighted by Crippen LogP contribution is -2.23. The maximum absolute atomic E-state index is 12.7. The molecule has 3 rings (SSSR count). The highest BCUT2D eigenvalue weighted by atomic mass is 32.2. The van der Waals surface area contributed by atoms with Gasteiger partial charge in [-0.1, -0.05) is 54.6 Å². The van der Waals surface area contributed by atoms with Crippen molar-refractivity contribution in [2.24, 2.45) is 0 Å². The van der Waals surface area contributed by atoms with Gasteiger partial charge in [-0.2, -0.15) is 0 Å². The van der Waals surface area contributed by atoms with Gasteiger partial charge in [0.1, 0.15) is 0 Å². The van der Waals surface area contributed by atoms with Gasteiger partial charge < -0.3 is 0 Å². The Hall–Kier alpha value is -2.48. The van der Waals surface area contributed by atoms with Crippen molar-refractivity contribution in [1.82, 2.24) is 4.72 Å². The predicted octanol–water partition coefficient (Wildman–Crippen LogP) is 3.00. The van der Waals surface area contributed by atoms with E-state index in [0.717, 1.165) is 5.56 Å². The minimum absolute atomic E-state index is 0.0636. The van der Waals surface area contributed by atoms with Crippen LogP contribution in [-0.4, -0.2) is 16.8 Å². The van der Waals surface area contributed by atoms with Gasteiger partial charge in [0.15, 0.2) is 0 Å². The maximum Gasteiger partial charge on any atom is 0.240 e. The van der Waals surface area contributed by atoms with Gasteiger partial charge in [0.2, 0.25) is 19.9 Å². The summed E-state index contributed by atoms with van der Waals surface area (Å²) in [6.07, 6.45) is 0. The molecule has 0 atom stereocenters. The van der Waals surface area contributed by atoms with Crippen LogP contribution in [0.1, 0.15) is 5.56 Å². The molecule has 0 saturated carbocycles. The second kappa shape index (κ2) is 7.41. The molecule has 3 aromatic carbocycles. The van der Waals surface area contributed by atoms with Crippen molar-refractivity contribution >= 4 is 19.9 Å². The molecule has 0 heterocycles. The van der Waals surface area contributed by atoms with E-state index in [1.54, 1.807) is 30.3 Å². The Bertz CT molecular complexity index is 1090. The van der Waals surface area contributed by atoms with Crippen molar-refractivity contribution in [2.45, 2.75) is 21.2 Å². The van der Waals surface area contributed by atoms with E-state index in [-0.39, 0.29) is 21.2 Å². The molecule has 0 fully saturated rings. The molecular weight excluding hydrogens is 370 g/mol. The third-order valence-corrected chi connectivity index (χ3v) is 6.95. The largest absolute Gasteiger partial charge is 0.240 e. The topological polar surface area (TPSA) is 80.3 Å². The molecule has 26 heavy (non-hydrogen) atoms. The summed E-state index contributed by atoms with van der Waals surface area (Å²) in [5, 5.41) is 0. The fraction of sp³-hybridized carbons (Fsp3) is 0.0526. The smallest absolute Gasteiger partial charge is 0.219 e. The second-order valence-electron chi connectivity index (χ2n) is 5.60. The Balaban J connectivity index is 1.89. The van der Waals surface area contributed by atoms with Crippen LogP contribution in [0.3, 0.4) is 0 Å². The van der Waals surface area contributed by atoms with Crippen molar-refractivity contribution in [3.63, 3.8) is 0 Å². The average Bonchev–Trinajstić information content (AvgIpc) is 2.68. The summed E-state index contributed by atoms with van der Waals surface area (Å²) in [5.74, 6) is 0. The molecule has 0 spiro atoms. The highest BCUT2D eigenvalue weighted by molar-refractivity contribution is 7.91. The first-order valence-corrected chi connectivity index (χ1v) is 10.8. The second-order valence-corrected chi connectivity index (χ2v) is 9.32. The normalized spacial score (nSPS) is 12.0. The molecule has 0 aromatic heterocycles. The van der Waals surface area contributed by atoms with Crippen molar-refractivity contribution in [3.8, 4) is 0 Å². The predicted molar refractivity (Wildman–Crippen MR) is 98.8 cm³/mol. The number of rotatable bonds is 6. The van der Waals surface area contributed by atoms with Crippen LogP contribution in [0, 0.1) is 0 Å². The molecule has 0 unspecified atom stereocenters. The third kappa shape index (κ3) is 4.01. The zero-order valence-electron chi connectivity index (χ0n) is 13.7. The van der Waals surface area contributed by atoms with Crippen molar-refractivity contribution in [2.75, 3.05) is 0 Å². The summed E-state index contributed by atoms with van der Waals surface area (Å²) >= 11 is 0. The summed E-state index contributed by atoms with van der Waals surface area (Å²) < 4.78 is 52.9. The molecule has 0 aliphatic rings. The molecule has 134 valence electrons. The van der Waals surface area contributed by atoms with Crippen LogP contribution < -0.4 is 4.72 Å². The average molecular weight is 387 g/mol. The van der Waals surface area contributed by atoms with Crippen LogP contribution in [0.5, 0.6) is 0 Å². The number of hydrogen-bond acceptors (Lipinski definition) is 4. The molecule has 5 nitrogen and oxygen atoms in total. The molecule has 1 N–H and O–H groups in total. The van der Waals surface area contributed by atoms with Crippen molar-refractivity contribution < 1.29 is 16.8 Å². The lowest BCUT2D eigenvalue weighted by Gasteiger charge is -2.09. The number of benzene rings is 3. The van der Waals surface area contributed by atoms with Crippen LogP contribution in [0.4, 0.5) is 0 Å². The first-order chi connectivity index (χ1) is 12.4. The summed E-state index contributed by atoms with van der Waals surface area (Å²) in [6.45, 7) is 0.124. The Morgan fingerprint density at radius 1 is 0.615 bits per heavy atom. The SMILES string of the molecule is O=S(=O)(NCc1ccccc1)c1cccc(S(=O)(=O)c2ccccc2)c1. The molecule has 0 saturated heterocycles. The summed E-state index contributed by atoms with van der Waals surface area (Å²) in [6, 6.07) is 22.4. The quantitative estimate of drug-likeness (QED) is 0.705. The van der Waals surface area contributed by atoms with Crippen LogP contribution in [0.15, 0.2) is 99.6 Å². The van der Waals surface area contributed by atoms with Gasteiger partial charge in [-0.25, -0.2) is 21.6 Å². The highest BCUT2D eigenvalue weighted by Crippen LogP contribution is 2.23. The Labute approximate surface area is 153 Å². The molecule has 0 aliphatic heterocycles. The van der Waals surface area contributed by atoms with Crippen molar-refractivity contribution in [3.05, 3.63) is 90.5 Å². The Morgan fingerprint density at radius 2 is 1.15 bits per heavy atom. The highest BCUT2D eigenvalue weighted by Gasteiger charge is 2.21. The third-order valence-electron chi connectivity index (χ3n) is 3.79. The van der Waals surface area contributed by atoms with E-state index in [9.17, 15) is 16.8 Å². The van der Waals surface area contributed by atoms with Crippen LogP contribution in [0.2, 0.25) is 0 Å². The molecule has 7 heteroatoms. The van der Waals surface area contributed by atoms with E-state index in [1.165, 1.54) is 36.4 Å². The van der Waals surface area contributed by atoms with E-state index in [2.05, 4.69) is 4.72 Å². The van der Waals surface area contributed by atoms with E-state index in [0.29, 0.717) is 0 Å². The minimum atomic E-state index is -3.84. The zero-order valence-corrected chi connectivity index (χ0v) is 15.4. The molecule has 3 aromatic rings. The van der Waals surface area contributed by atoms with E-state index in [1.807, 2.05) is 18.2 Å². The fourth-order valence-electron chi connectivity index (χ4n) is 2.40. The number of sulfonamides is 1. The molecular formula is C19H17NO4S2. The van der Waals surface area contributed by atoms with Gasteiger partial charge in [0.25, 0.3) is 0 Å². The van der Waals surface area contributed by atoms with E-state index < -0.39 is 19.9 Å². The first kappa shape index (κ1) is 18.3. The Kier molecular flexibility index (Phi) is 5.22. The van der Waals surface area contributed by atoms with Crippen LogP contribution in [-0.2, 0) is 26.4 Å². The standard InChI is InChI=1S/C19H17NO4S2/c21-25(22,17-10-5-2-6-11-17)18-12-7-13-19(14-18)26(23,24)20-15-16-8-3-1-4-9-16/h1-14,20H,15H2. The maximum atomic E-state index is 12.7. The summed E-state index contributed by atoms with van der Waals surface area (Å²) in [5.41, 5.74) is 0.809. The minimum Gasteiger partial charge on any atom is -0.219 e. The van der Waals surface area contributed by atoms with E-state index >= 15 is 0 Å². The van der Waals surface area contributed by atoms with Gasteiger partial charge >= 0.3 is 0 Å². The lowest BCUT2D eigenvalue weighted by molar-refractivity contribution is 0.581. The molecule has 0 aliphatic carbocycles. The monoisotopic (exact) mass is 387 g/mol. The zero-order chi connectivity index (χ0) is 18.6. The number of hydrogen-bond donors (Lipinski definition) is 1. The molecule has 0 amide bonds. The van der Waals surface area contributed by atoms with E-state index in [4.69, 9.17) is 0 Å². The van der Waals surface area contributed by atoms with Gasteiger partial charge in [-0.15, -0.1) is 0 Å². The van der Waals surface area contributed by atoms with Crippen LogP contribution in [0.25, 0.3) is 0 Å². The van der Waals surface area contributed by atoms with Gasteiger partial charge in [-0.3, -0.25) is 0 Å². The summed E-state index contributed by atoms with van der Waals surface area (Å²) in [7, 11) is -7.62. The summed E-state index contributed by atoms with van der Waals surface area (Å²) in [4.78, 5) is -0.0384. The Morgan fingerprint density at radius 3 is 1.81 bits per heavy atom. The lowest BCUT2D eigenvalue weighted by atomic mass is 10.2.